The Morgan fingerprint density at radius 2 is 2.20 bits per heavy atom. The monoisotopic (exact) mass is 503 g/mol. The number of dihydropyridines is 1. The number of carbonyl (C=O) groups is 1. The Labute approximate surface area is 204 Å². The molecule has 1 aromatic carbocycles. The molecule has 1 aliphatic heterocycles. The summed E-state index contributed by atoms with van der Waals surface area (Å²) >= 11 is 1.12. The second-order valence-corrected chi connectivity index (χ2v) is 10.1. The van der Waals surface area contributed by atoms with Crippen LogP contribution in [0.15, 0.2) is 64.9 Å². The Morgan fingerprint density at radius 3 is 2.94 bits per heavy atom. The van der Waals surface area contributed by atoms with E-state index in [2.05, 4.69) is 34.1 Å². The Bertz CT molecular complexity index is 1320. The standard InChI is InChI=1S/C25H24F3N3O3S/c1-3-16-14-8-13(2)12-24(16,29)17-5-7-21(30-19(17)9-14)33-23(32)11-22-31-18-6-4-15(10-20(18)35-22)34-25(26,27)28/h3-8,10,14,21,30H,9,11-12,29H2,1-2H3/t14-,21?,24?/m1/s1. The zero-order valence-corrected chi connectivity index (χ0v) is 19.9. The number of rotatable bonds is 4. The lowest BCUT2D eigenvalue weighted by Crippen LogP contribution is -2.53. The first-order valence-corrected chi connectivity index (χ1v) is 12.0. The molecule has 6 nitrogen and oxygen atoms in total. The minimum absolute atomic E-state index is 0.0964. The van der Waals surface area contributed by atoms with Crippen LogP contribution in [0.5, 0.6) is 5.75 Å². The molecule has 3 aliphatic rings. The third-order valence-electron chi connectivity index (χ3n) is 6.44. The first-order valence-electron chi connectivity index (χ1n) is 11.2. The minimum Gasteiger partial charge on any atom is -0.438 e. The van der Waals surface area contributed by atoms with Crippen molar-refractivity contribution in [2.24, 2.45) is 11.7 Å². The minimum atomic E-state index is -4.77. The molecule has 0 saturated heterocycles. The van der Waals surface area contributed by atoms with Crippen LogP contribution in [0.4, 0.5) is 13.2 Å². The quantitative estimate of drug-likeness (QED) is 0.450. The highest BCUT2D eigenvalue weighted by molar-refractivity contribution is 7.18. The summed E-state index contributed by atoms with van der Waals surface area (Å²) < 4.78 is 47.4. The van der Waals surface area contributed by atoms with Gasteiger partial charge in [-0.25, -0.2) is 4.98 Å². The highest BCUT2D eigenvalue weighted by atomic mass is 32.1. The SMILES string of the molecule is CC=C1[C@@H]2C=C(C)CC1(N)C1=C(C2)NC(OC(=O)Cc2nc3ccc(OC(F)(F)F)cc3s2)C=C1. The van der Waals surface area contributed by atoms with Crippen LogP contribution in [0.3, 0.4) is 0 Å². The van der Waals surface area contributed by atoms with Crippen molar-refractivity contribution >= 4 is 27.5 Å². The lowest BCUT2D eigenvalue weighted by atomic mass is 9.63. The number of fused-ring (bicyclic) bond motifs is 4. The summed E-state index contributed by atoms with van der Waals surface area (Å²) in [6.45, 7) is 4.12. The van der Waals surface area contributed by atoms with Crippen molar-refractivity contribution in [1.29, 1.82) is 0 Å². The average Bonchev–Trinajstić information content (AvgIpc) is 3.13. The zero-order valence-electron chi connectivity index (χ0n) is 19.1. The van der Waals surface area contributed by atoms with Crippen LogP contribution < -0.4 is 15.8 Å². The van der Waals surface area contributed by atoms with E-state index in [0.717, 1.165) is 35.4 Å². The fourth-order valence-corrected chi connectivity index (χ4v) is 6.23. The molecule has 0 fully saturated rings. The molecule has 10 heteroatoms. The maximum Gasteiger partial charge on any atom is 0.573 e. The highest BCUT2D eigenvalue weighted by Gasteiger charge is 2.45. The van der Waals surface area contributed by atoms with Crippen molar-refractivity contribution in [2.75, 3.05) is 0 Å². The molecule has 3 atom stereocenters. The van der Waals surface area contributed by atoms with E-state index in [1.54, 1.807) is 6.08 Å². The largest absolute Gasteiger partial charge is 0.573 e. The molecule has 2 heterocycles. The Morgan fingerprint density at radius 1 is 1.40 bits per heavy atom. The fourth-order valence-electron chi connectivity index (χ4n) is 5.25. The van der Waals surface area contributed by atoms with Gasteiger partial charge in [-0.1, -0.05) is 23.8 Å². The smallest absolute Gasteiger partial charge is 0.438 e. The predicted molar refractivity (Wildman–Crippen MR) is 126 cm³/mol. The van der Waals surface area contributed by atoms with E-state index in [0.29, 0.717) is 15.2 Å². The zero-order chi connectivity index (χ0) is 25.0. The molecule has 2 aromatic rings. The molecule has 35 heavy (non-hydrogen) atoms. The van der Waals surface area contributed by atoms with Crippen molar-refractivity contribution < 1.29 is 27.4 Å². The van der Waals surface area contributed by atoms with Crippen LogP contribution in [0.1, 0.15) is 31.7 Å². The maximum atomic E-state index is 12.6. The molecule has 184 valence electrons. The van der Waals surface area contributed by atoms with Gasteiger partial charge in [0.25, 0.3) is 0 Å². The molecule has 0 saturated carbocycles. The first kappa shape index (κ1) is 23.6. The van der Waals surface area contributed by atoms with Gasteiger partial charge in [0.05, 0.1) is 22.2 Å². The Balaban J connectivity index is 1.26. The first-order chi connectivity index (χ1) is 16.5. The van der Waals surface area contributed by atoms with Crippen molar-refractivity contribution in [2.45, 2.75) is 51.2 Å². The van der Waals surface area contributed by atoms with Crippen LogP contribution in [0, 0.1) is 5.92 Å². The van der Waals surface area contributed by atoms with Gasteiger partial charge in [0.1, 0.15) is 10.8 Å². The van der Waals surface area contributed by atoms with E-state index in [4.69, 9.17) is 10.5 Å². The Hall–Kier alpha value is -3.11. The van der Waals surface area contributed by atoms with E-state index >= 15 is 0 Å². The van der Waals surface area contributed by atoms with Gasteiger partial charge in [-0.2, -0.15) is 0 Å². The summed E-state index contributed by atoms with van der Waals surface area (Å²) in [6, 6.07) is 3.88. The number of carbonyl (C=O) groups excluding carboxylic acids is 1. The summed E-state index contributed by atoms with van der Waals surface area (Å²) in [4.78, 5) is 16.9. The summed E-state index contributed by atoms with van der Waals surface area (Å²) in [6.07, 6.45) is 4.08. The average molecular weight is 504 g/mol. The van der Waals surface area contributed by atoms with Gasteiger partial charge in [-0.15, -0.1) is 24.5 Å². The molecular formula is C25H24F3N3O3S. The van der Waals surface area contributed by atoms with E-state index in [1.807, 2.05) is 13.0 Å². The number of hydrogen-bond donors (Lipinski definition) is 2. The van der Waals surface area contributed by atoms with Crippen molar-refractivity contribution in [3.8, 4) is 5.75 Å². The van der Waals surface area contributed by atoms with Gasteiger partial charge in [-0.05, 0) is 62.1 Å². The number of esters is 1. The number of hydrogen-bond acceptors (Lipinski definition) is 7. The highest BCUT2D eigenvalue weighted by Crippen LogP contribution is 2.48. The van der Waals surface area contributed by atoms with E-state index in [9.17, 15) is 18.0 Å². The number of alkyl halides is 3. The number of halogens is 3. The summed E-state index contributed by atoms with van der Waals surface area (Å²) in [5.74, 6) is -0.614. The molecule has 0 spiro atoms. The van der Waals surface area contributed by atoms with Crippen molar-refractivity contribution in [3.63, 3.8) is 0 Å². The third-order valence-corrected chi connectivity index (χ3v) is 7.46. The molecular weight excluding hydrogens is 479 g/mol. The number of allylic oxidation sites excluding steroid dienone is 3. The van der Waals surface area contributed by atoms with Gasteiger partial charge in [0, 0.05) is 11.6 Å². The molecule has 3 N–H and O–H groups in total. The third kappa shape index (κ3) is 4.60. The topological polar surface area (TPSA) is 86.5 Å². The van der Waals surface area contributed by atoms with Gasteiger partial charge in [0.2, 0.25) is 0 Å². The molecule has 2 bridgehead atoms. The molecule has 1 aromatic heterocycles. The number of aromatic nitrogens is 1. The molecule has 2 aliphatic carbocycles. The lowest BCUT2D eigenvalue weighted by Gasteiger charge is -2.47. The molecule has 0 amide bonds. The van der Waals surface area contributed by atoms with Gasteiger partial charge in [0.15, 0.2) is 6.23 Å². The molecule has 5 rings (SSSR count). The number of thiazole rings is 1. The lowest BCUT2D eigenvalue weighted by molar-refractivity contribution is -0.274. The number of benzene rings is 1. The van der Waals surface area contributed by atoms with Crippen molar-refractivity contribution in [1.82, 2.24) is 10.3 Å². The number of ether oxygens (including phenoxy) is 2. The van der Waals surface area contributed by atoms with Crippen molar-refractivity contribution in [3.05, 3.63) is 69.9 Å². The summed E-state index contributed by atoms with van der Waals surface area (Å²) in [5, 5.41) is 3.76. The van der Waals surface area contributed by atoms with Crippen LogP contribution >= 0.6 is 11.3 Å². The molecule has 2 unspecified atom stereocenters. The van der Waals surface area contributed by atoms with Crippen LogP contribution in [0.2, 0.25) is 0 Å². The van der Waals surface area contributed by atoms with Crippen LogP contribution in [-0.4, -0.2) is 29.1 Å². The predicted octanol–water partition coefficient (Wildman–Crippen LogP) is 5.03. The second kappa shape index (κ2) is 8.53. The maximum absolute atomic E-state index is 12.6. The summed E-state index contributed by atoms with van der Waals surface area (Å²) in [7, 11) is 0. The second-order valence-electron chi connectivity index (χ2n) is 8.98. The fraction of sp³-hybridized carbons (Fsp3) is 0.360. The van der Waals surface area contributed by atoms with Crippen LogP contribution in [-0.2, 0) is 16.0 Å². The summed E-state index contributed by atoms with van der Waals surface area (Å²) in [5.41, 5.74) is 11.3. The van der Waals surface area contributed by atoms with E-state index in [-0.39, 0.29) is 18.1 Å². The number of nitrogens with two attached hydrogens (primary N) is 1. The number of nitrogens with one attached hydrogen (secondary N) is 1. The normalized spacial score (nSPS) is 26.9. The van der Waals surface area contributed by atoms with Gasteiger partial charge >= 0.3 is 12.3 Å². The van der Waals surface area contributed by atoms with Crippen LogP contribution in [0.25, 0.3) is 10.2 Å². The van der Waals surface area contributed by atoms with E-state index < -0.39 is 24.1 Å². The van der Waals surface area contributed by atoms with Gasteiger partial charge < -0.3 is 20.5 Å². The molecule has 0 radical (unpaired) electrons. The Kier molecular flexibility index (Phi) is 5.76. The van der Waals surface area contributed by atoms with Gasteiger partial charge in [-0.3, -0.25) is 4.79 Å². The van der Waals surface area contributed by atoms with E-state index in [1.165, 1.54) is 29.3 Å². The number of nitrogens with zero attached hydrogens (tertiary/aromatic N) is 1.